The zero-order chi connectivity index (χ0) is 14.1. The number of likely N-dealkylation sites (tertiary alicyclic amines) is 1. The molecular weight excluding hydrogens is 298 g/mol. The van der Waals surface area contributed by atoms with Crippen molar-refractivity contribution in [3.05, 3.63) is 0 Å². The summed E-state index contributed by atoms with van der Waals surface area (Å²) in [6.07, 6.45) is 5.33. The van der Waals surface area contributed by atoms with Crippen LogP contribution in [0.25, 0.3) is 0 Å². The lowest BCUT2D eigenvalue weighted by molar-refractivity contribution is -0.135. The van der Waals surface area contributed by atoms with Crippen molar-refractivity contribution >= 4 is 36.0 Å². The van der Waals surface area contributed by atoms with Gasteiger partial charge in [0.25, 0.3) is 0 Å². The first-order chi connectivity index (χ1) is 9.19. The van der Waals surface area contributed by atoms with Crippen LogP contribution < -0.4 is 11.1 Å². The number of nitrogens with two attached hydrogens (primary N) is 1. The Morgan fingerprint density at radius 2 is 2.20 bits per heavy atom. The third kappa shape index (κ3) is 6.81. The number of hydrogen-bond acceptors (Lipinski definition) is 4. The molecule has 0 radical (unpaired) electrons. The fourth-order valence-electron chi connectivity index (χ4n) is 2.28. The standard InChI is InChI=1S/C13H25N3O2S.ClH/c1-19-9-3-5-12(17)16-8-2-4-11(10-16)13(18)15-7-6-14;/h11H,2-10,14H2,1H3,(H,15,18);1H. The number of carbonyl (C=O) groups excluding carboxylic acids is 2. The summed E-state index contributed by atoms with van der Waals surface area (Å²) in [5.74, 6) is 1.17. The Labute approximate surface area is 131 Å². The molecule has 2 amide bonds. The second kappa shape index (κ2) is 11.2. The van der Waals surface area contributed by atoms with Crippen LogP contribution >= 0.6 is 24.2 Å². The fourth-order valence-corrected chi connectivity index (χ4v) is 2.72. The van der Waals surface area contributed by atoms with Gasteiger partial charge in [0.05, 0.1) is 5.92 Å². The fraction of sp³-hybridized carbons (Fsp3) is 0.846. The number of nitrogens with zero attached hydrogens (tertiary/aromatic N) is 1. The largest absolute Gasteiger partial charge is 0.355 e. The van der Waals surface area contributed by atoms with Crippen LogP contribution in [0.3, 0.4) is 0 Å². The lowest BCUT2D eigenvalue weighted by atomic mass is 9.97. The van der Waals surface area contributed by atoms with Crippen molar-refractivity contribution in [2.45, 2.75) is 25.7 Å². The first-order valence-corrected chi connectivity index (χ1v) is 8.33. The number of rotatable bonds is 7. The van der Waals surface area contributed by atoms with Gasteiger partial charge in [0.1, 0.15) is 0 Å². The van der Waals surface area contributed by atoms with Crippen molar-refractivity contribution in [2.75, 3.05) is 38.2 Å². The van der Waals surface area contributed by atoms with Crippen LogP contribution in [0, 0.1) is 5.92 Å². The summed E-state index contributed by atoms with van der Waals surface area (Å²) in [6.45, 7) is 2.32. The summed E-state index contributed by atoms with van der Waals surface area (Å²) >= 11 is 1.76. The molecule has 3 N–H and O–H groups in total. The maximum atomic E-state index is 12.0. The van der Waals surface area contributed by atoms with Crippen LogP contribution in [-0.4, -0.2) is 54.9 Å². The van der Waals surface area contributed by atoms with Gasteiger partial charge in [-0.25, -0.2) is 0 Å². The Bertz CT molecular complexity index is 305. The molecule has 0 aliphatic carbocycles. The van der Waals surface area contributed by atoms with Gasteiger partial charge in [-0.05, 0) is 31.3 Å². The van der Waals surface area contributed by atoms with Gasteiger partial charge in [-0.15, -0.1) is 12.4 Å². The third-order valence-electron chi connectivity index (χ3n) is 3.33. The van der Waals surface area contributed by atoms with Gasteiger partial charge in [0, 0.05) is 32.6 Å². The molecule has 1 heterocycles. The van der Waals surface area contributed by atoms with E-state index in [1.54, 1.807) is 11.8 Å². The van der Waals surface area contributed by atoms with Crippen molar-refractivity contribution in [1.82, 2.24) is 10.2 Å². The molecule has 0 bridgehead atoms. The first-order valence-electron chi connectivity index (χ1n) is 6.93. The Balaban J connectivity index is 0.00000361. The predicted molar refractivity (Wildman–Crippen MR) is 86.2 cm³/mol. The number of nitrogens with one attached hydrogen (secondary N) is 1. The number of halogens is 1. The number of thioether (sulfide) groups is 1. The highest BCUT2D eigenvalue weighted by Crippen LogP contribution is 2.18. The zero-order valence-corrected chi connectivity index (χ0v) is 13.7. The minimum absolute atomic E-state index is 0. The SMILES string of the molecule is CSCCCC(=O)N1CCCC(C(=O)NCCN)C1.Cl. The van der Waals surface area contributed by atoms with Crippen LogP contribution in [-0.2, 0) is 9.59 Å². The highest BCUT2D eigenvalue weighted by molar-refractivity contribution is 7.98. The van der Waals surface area contributed by atoms with E-state index in [1.165, 1.54) is 0 Å². The van der Waals surface area contributed by atoms with Gasteiger partial charge in [-0.2, -0.15) is 11.8 Å². The van der Waals surface area contributed by atoms with Gasteiger partial charge in [0.15, 0.2) is 0 Å². The number of hydrogen-bond donors (Lipinski definition) is 2. The maximum Gasteiger partial charge on any atom is 0.224 e. The molecule has 0 aromatic heterocycles. The lowest BCUT2D eigenvalue weighted by Crippen LogP contribution is -2.46. The van der Waals surface area contributed by atoms with Crippen molar-refractivity contribution in [1.29, 1.82) is 0 Å². The molecule has 1 aliphatic heterocycles. The quantitative estimate of drug-likeness (QED) is 0.682. The monoisotopic (exact) mass is 323 g/mol. The van der Waals surface area contributed by atoms with Crippen molar-refractivity contribution < 1.29 is 9.59 Å². The first kappa shape index (κ1) is 19.5. The zero-order valence-electron chi connectivity index (χ0n) is 12.1. The Kier molecular flexibility index (Phi) is 11.0. The molecule has 118 valence electrons. The van der Waals surface area contributed by atoms with E-state index in [0.717, 1.165) is 31.6 Å². The van der Waals surface area contributed by atoms with Gasteiger partial charge < -0.3 is 16.0 Å². The van der Waals surface area contributed by atoms with E-state index in [2.05, 4.69) is 5.32 Å². The highest BCUT2D eigenvalue weighted by atomic mass is 35.5. The van der Waals surface area contributed by atoms with E-state index in [9.17, 15) is 9.59 Å². The molecule has 1 atom stereocenters. The van der Waals surface area contributed by atoms with Gasteiger partial charge in [0.2, 0.25) is 11.8 Å². The average Bonchev–Trinajstić information content (AvgIpc) is 2.45. The Morgan fingerprint density at radius 3 is 2.85 bits per heavy atom. The molecule has 7 heteroatoms. The summed E-state index contributed by atoms with van der Waals surface area (Å²) in [4.78, 5) is 25.7. The summed E-state index contributed by atoms with van der Waals surface area (Å²) < 4.78 is 0. The Hall–Kier alpha value is -0.460. The lowest BCUT2D eigenvalue weighted by Gasteiger charge is -2.32. The number of amides is 2. The summed E-state index contributed by atoms with van der Waals surface area (Å²) in [7, 11) is 0. The Morgan fingerprint density at radius 1 is 1.45 bits per heavy atom. The predicted octanol–water partition coefficient (Wildman–Crippen LogP) is 0.865. The molecule has 0 aromatic carbocycles. The van der Waals surface area contributed by atoms with Gasteiger partial charge in [-0.1, -0.05) is 0 Å². The van der Waals surface area contributed by atoms with E-state index in [0.29, 0.717) is 26.1 Å². The molecular formula is C13H26ClN3O2S. The molecule has 0 aromatic rings. The van der Waals surface area contributed by atoms with Crippen molar-refractivity contribution in [3.8, 4) is 0 Å². The maximum absolute atomic E-state index is 12.0. The van der Waals surface area contributed by atoms with Crippen molar-refractivity contribution in [2.24, 2.45) is 11.7 Å². The second-order valence-corrected chi connectivity index (χ2v) is 5.84. The molecule has 1 fully saturated rings. The molecule has 1 rings (SSSR count). The van der Waals surface area contributed by atoms with Crippen LogP contribution in [0.15, 0.2) is 0 Å². The van der Waals surface area contributed by atoms with Crippen LogP contribution in [0.1, 0.15) is 25.7 Å². The van der Waals surface area contributed by atoms with Gasteiger partial charge >= 0.3 is 0 Å². The minimum Gasteiger partial charge on any atom is -0.355 e. The molecule has 1 unspecified atom stereocenters. The van der Waals surface area contributed by atoms with Crippen LogP contribution in [0.4, 0.5) is 0 Å². The summed E-state index contributed by atoms with van der Waals surface area (Å²) in [5, 5.41) is 2.81. The van der Waals surface area contributed by atoms with E-state index in [4.69, 9.17) is 5.73 Å². The van der Waals surface area contributed by atoms with Gasteiger partial charge in [-0.3, -0.25) is 9.59 Å². The normalized spacial score (nSPS) is 18.3. The van der Waals surface area contributed by atoms with Crippen LogP contribution in [0.5, 0.6) is 0 Å². The molecule has 1 saturated heterocycles. The smallest absolute Gasteiger partial charge is 0.224 e. The van der Waals surface area contributed by atoms with E-state index < -0.39 is 0 Å². The topological polar surface area (TPSA) is 75.4 Å². The highest BCUT2D eigenvalue weighted by Gasteiger charge is 2.27. The third-order valence-corrected chi connectivity index (χ3v) is 4.02. The van der Waals surface area contributed by atoms with Crippen LogP contribution in [0.2, 0.25) is 0 Å². The molecule has 1 aliphatic rings. The van der Waals surface area contributed by atoms with E-state index in [-0.39, 0.29) is 30.1 Å². The van der Waals surface area contributed by atoms with Crippen molar-refractivity contribution in [3.63, 3.8) is 0 Å². The molecule has 0 saturated carbocycles. The second-order valence-electron chi connectivity index (χ2n) is 4.85. The number of carbonyl (C=O) groups is 2. The molecule has 20 heavy (non-hydrogen) atoms. The van der Waals surface area contributed by atoms with E-state index in [1.807, 2.05) is 11.2 Å². The summed E-state index contributed by atoms with van der Waals surface area (Å²) in [6, 6.07) is 0. The minimum atomic E-state index is -0.0650. The molecule has 5 nitrogen and oxygen atoms in total. The molecule has 0 spiro atoms. The van der Waals surface area contributed by atoms with E-state index >= 15 is 0 Å². The average molecular weight is 324 g/mol. The number of piperidine rings is 1. The summed E-state index contributed by atoms with van der Waals surface area (Å²) in [5.41, 5.74) is 5.37.